The third-order valence-electron chi connectivity index (χ3n) is 3.14. The molecule has 1 saturated carbocycles. The first-order valence-corrected chi connectivity index (χ1v) is 6.25. The SMILES string of the molecule is OC1(c2nccn2Cc2ccsn2)CCC1. The highest BCUT2D eigenvalue weighted by molar-refractivity contribution is 7.03. The highest BCUT2D eigenvalue weighted by Gasteiger charge is 2.39. The number of nitrogens with zero attached hydrogens (tertiary/aromatic N) is 3. The van der Waals surface area contributed by atoms with Crippen LogP contribution in [0.5, 0.6) is 0 Å². The minimum Gasteiger partial charge on any atom is -0.382 e. The molecule has 5 heteroatoms. The van der Waals surface area contributed by atoms with Crippen LogP contribution >= 0.6 is 11.5 Å². The molecule has 0 unspecified atom stereocenters. The lowest BCUT2D eigenvalue weighted by molar-refractivity contribution is -0.0492. The zero-order valence-corrected chi connectivity index (χ0v) is 9.65. The standard InChI is InChI=1S/C11H13N3OS/c15-11(3-1-4-11)10-12-5-6-14(10)8-9-2-7-16-13-9/h2,5-7,15H,1,3-4,8H2. The first kappa shape index (κ1) is 9.99. The Morgan fingerprint density at radius 2 is 2.38 bits per heavy atom. The quantitative estimate of drug-likeness (QED) is 0.882. The van der Waals surface area contributed by atoms with Gasteiger partial charge in [0.2, 0.25) is 0 Å². The second-order valence-electron chi connectivity index (χ2n) is 4.25. The minimum atomic E-state index is -0.695. The number of aliphatic hydroxyl groups is 1. The molecule has 3 rings (SSSR count). The third kappa shape index (κ3) is 1.56. The van der Waals surface area contributed by atoms with Crippen molar-refractivity contribution >= 4 is 11.5 Å². The van der Waals surface area contributed by atoms with Gasteiger partial charge in [0.05, 0.1) is 12.2 Å². The van der Waals surface area contributed by atoms with Crippen LogP contribution in [0.25, 0.3) is 0 Å². The van der Waals surface area contributed by atoms with E-state index in [0.717, 1.165) is 30.8 Å². The lowest BCUT2D eigenvalue weighted by Crippen LogP contribution is -2.36. The van der Waals surface area contributed by atoms with E-state index in [0.29, 0.717) is 6.54 Å². The molecule has 0 spiro atoms. The van der Waals surface area contributed by atoms with Crippen LogP contribution in [-0.4, -0.2) is 19.0 Å². The Labute approximate surface area is 97.7 Å². The molecule has 1 fully saturated rings. The Morgan fingerprint density at radius 3 is 3.00 bits per heavy atom. The van der Waals surface area contributed by atoms with E-state index in [4.69, 9.17) is 0 Å². The number of rotatable bonds is 3. The van der Waals surface area contributed by atoms with Crippen LogP contribution in [0.3, 0.4) is 0 Å². The van der Waals surface area contributed by atoms with Crippen molar-refractivity contribution in [2.45, 2.75) is 31.4 Å². The van der Waals surface area contributed by atoms with E-state index in [-0.39, 0.29) is 0 Å². The smallest absolute Gasteiger partial charge is 0.141 e. The zero-order chi connectivity index (χ0) is 11.0. The summed E-state index contributed by atoms with van der Waals surface area (Å²) in [5.74, 6) is 0.784. The van der Waals surface area contributed by atoms with Gasteiger partial charge in [-0.2, -0.15) is 4.37 Å². The van der Waals surface area contributed by atoms with Crippen LogP contribution < -0.4 is 0 Å². The van der Waals surface area contributed by atoms with E-state index in [9.17, 15) is 5.11 Å². The van der Waals surface area contributed by atoms with Crippen molar-refractivity contribution in [3.05, 3.63) is 35.4 Å². The molecular weight excluding hydrogens is 222 g/mol. The first-order chi connectivity index (χ1) is 7.78. The highest BCUT2D eigenvalue weighted by Crippen LogP contribution is 2.40. The molecule has 2 aromatic heterocycles. The Bertz CT molecular complexity index is 473. The van der Waals surface area contributed by atoms with Gasteiger partial charge in [-0.25, -0.2) is 4.98 Å². The predicted molar refractivity (Wildman–Crippen MR) is 61.2 cm³/mol. The van der Waals surface area contributed by atoms with E-state index in [2.05, 4.69) is 9.36 Å². The molecule has 1 N–H and O–H groups in total. The van der Waals surface area contributed by atoms with Gasteiger partial charge < -0.3 is 9.67 Å². The van der Waals surface area contributed by atoms with Gasteiger partial charge >= 0.3 is 0 Å². The Balaban J connectivity index is 1.88. The maximum Gasteiger partial charge on any atom is 0.141 e. The normalized spacial score (nSPS) is 18.3. The minimum absolute atomic E-state index is 0.695. The van der Waals surface area contributed by atoms with Gasteiger partial charge in [0.15, 0.2) is 0 Å². The summed E-state index contributed by atoms with van der Waals surface area (Å²) in [6.07, 6.45) is 6.38. The fourth-order valence-electron chi connectivity index (χ4n) is 2.07. The maximum atomic E-state index is 10.3. The Morgan fingerprint density at radius 1 is 1.50 bits per heavy atom. The van der Waals surface area contributed by atoms with Crippen LogP contribution in [0.2, 0.25) is 0 Å². The van der Waals surface area contributed by atoms with Gasteiger partial charge in [0.1, 0.15) is 11.4 Å². The summed E-state index contributed by atoms with van der Waals surface area (Å²) in [4.78, 5) is 4.28. The lowest BCUT2D eigenvalue weighted by atomic mass is 9.79. The van der Waals surface area contributed by atoms with Gasteiger partial charge in [-0.05, 0) is 36.9 Å². The maximum absolute atomic E-state index is 10.3. The van der Waals surface area contributed by atoms with E-state index in [1.54, 1.807) is 6.20 Å². The van der Waals surface area contributed by atoms with Gasteiger partial charge in [-0.3, -0.25) is 0 Å². The summed E-state index contributed by atoms with van der Waals surface area (Å²) in [6, 6.07) is 2.00. The number of hydrogen-bond acceptors (Lipinski definition) is 4. The van der Waals surface area contributed by atoms with Crippen molar-refractivity contribution in [3.8, 4) is 0 Å². The summed E-state index contributed by atoms with van der Waals surface area (Å²) in [6.45, 7) is 0.696. The van der Waals surface area contributed by atoms with E-state index >= 15 is 0 Å². The molecule has 0 aliphatic heterocycles. The molecule has 4 nitrogen and oxygen atoms in total. The summed E-state index contributed by atoms with van der Waals surface area (Å²) < 4.78 is 6.26. The molecule has 2 heterocycles. The van der Waals surface area contributed by atoms with Crippen molar-refractivity contribution in [1.82, 2.24) is 13.9 Å². The van der Waals surface area contributed by atoms with Crippen LogP contribution in [0.4, 0.5) is 0 Å². The third-order valence-corrected chi connectivity index (χ3v) is 3.73. The van der Waals surface area contributed by atoms with Crippen LogP contribution in [0, 0.1) is 0 Å². The molecule has 0 amide bonds. The molecular formula is C11H13N3OS. The average Bonchev–Trinajstić information content (AvgIpc) is 2.86. The second kappa shape index (κ2) is 3.68. The van der Waals surface area contributed by atoms with Crippen LogP contribution in [-0.2, 0) is 12.1 Å². The molecule has 1 aliphatic rings. The summed E-state index contributed by atoms with van der Waals surface area (Å²) >= 11 is 1.45. The first-order valence-electron chi connectivity index (χ1n) is 5.41. The van der Waals surface area contributed by atoms with Crippen molar-refractivity contribution in [3.63, 3.8) is 0 Å². The second-order valence-corrected chi connectivity index (χ2v) is 4.92. The van der Waals surface area contributed by atoms with Gasteiger partial charge in [-0.1, -0.05) is 0 Å². The topological polar surface area (TPSA) is 50.9 Å². The fraction of sp³-hybridized carbons (Fsp3) is 0.455. The van der Waals surface area contributed by atoms with Crippen LogP contribution in [0.15, 0.2) is 23.8 Å². The zero-order valence-electron chi connectivity index (χ0n) is 8.83. The highest BCUT2D eigenvalue weighted by atomic mass is 32.1. The van der Waals surface area contributed by atoms with E-state index < -0.39 is 5.60 Å². The average molecular weight is 235 g/mol. The lowest BCUT2D eigenvalue weighted by Gasteiger charge is -2.36. The Hall–Kier alpha value is -1.20. The number of imidazole rings is 1. The van der Waals surface area contributed by atoms with Gasteiger partial charge in [-0.15, -0.1) is 0 Å². The summed E-state index contributed by atoms with van der Waals surface area (Å²) in [5, 5.41) is 12.2. The predicted octanol–water partition coefficient (Wildman–Crippen LogP) is 1.76. The van der Waals surface area contributed by atoms with Crippen molar-refractivity contribution in [1.29, 1.82) is 0 Å². The molecule has 2 aromatic rings. The van der Waals surface area contributed by atoms with E-state index in [1.165, 1.54) is 11.5 Å². The van der Waals surface area contributed by atoms with Crippen molar-refractivity contribution in [2.75, 3.05) is 0 Å². The molecule has 16 heavy (non-hydrogen) atoms. The monoisotopic (exact) mass is 235 g/mol. The number of hydrogen-bond donors (Lipinski definition) is 1. The van der Waals surface area contributed by atoms with Gasteiger partial charge in [0.25, 0.3) is 0 Å². The molecule has 0 radical (unpaired) electrons. The summed E-state index contributed by atoms with van der Waals surface area (Å²) in [7, 11) is 0. The fourth-order valence-corrected chi connectivity index (χ4v) is 2.61. The van der Waals surface area contributed by atoms with Crippen molar-refractivity contribution in [2.24, 2.45) is 0 Å². The van der Waals surface area contributed by atoms with Gasteiger partial charge in [0, 0.05) is 17.8 Å². The molecule has 1 aliphatic carbocycles. The molecule has 0 bridgehead atoms. The molecule has 0 atom stereocenters. The van der Waals surface area contributed by atoms with Crippen LogP contribution in [0.1, 0.15) is 30.8 Å². The number of aromatic nitrogens is 3. The molecule has 84 valence electrons. The molecule has 0 saturated heterocycles. The van der Waals surface area contributed by atoms with E-state index in [1.807, 2.05) is 22.2 Å². The molecule has 0 aromatic carbocycles. The van der Waals surface area contributed by atoms with Crippen molar-refractivity contribution < 1.29 is 5.11 Å². The largest absolute Gasteiger partial charge is 0.382 e. The summed E-state index contributed by atoms with van der Waals surface area (Å²) in [5.41, 5.74) is 0.326. The Kier molecular flexibility index (Phi) is 2.29.